The number of nitrogens with two attached hydrogens (primary N) is 1. The molecule has 2 aromatic heterocycles. The summed E-state index contributed by atoms with van der Waals surface area (Å²) in [5, 5.41) is 0.465. The van der Waals surface area contributed by atoms with Gasteiger partial charge in [-0.3, -0.25) is 14.3 Å². The predicted octanol–water partition coefficient (Wildman–Crippen LogP) is 5.34. The lowest BCUT2D eigenvalue weighted by Crippen LogP contribution is -2.31. The normalized spacial score (nSPS) is 22.4. The third kappa shape index (κ3) is 7.04. The van der Waals surface area contributed by atoms with Crippen molar-refractivity contribution in [1.82, 2.24) is 14.5 Å². The van der Waals surface area contributed by atoms with Gasteiger partial charge >= 0.3 is 7.60 Å². The number of fused-ring (bicyclic) bond motifs is 1. The third-order valence-electron chi connectivity index (χ3n) is 7.79. The molecule has 0 saturated carbocycles. The number of aromatic nitrogens is 3. The van der Waals surface area contributed by atoms with Crippen LogP contribution in [0, 0.1) is 0 Å². The molecule has 4 unspecified atom stereocenters. The standard InChI is InChI=1S/C29H43N4O6P/c1-5-11-22(7-3)37-18-24-23(39-40(35,36)19(4)6-2)16-25(38-24)33-17-21(15-14-20-12-9-8-10-13-20)26-27(33)31-29(30)32-28(26)34/h8-10,12-13,17,19,22-25H,5-7,11,14-16,18H2,1-4H3,(H,35,36)(H3,30,31,32,34)/t19?,22?,23-,24?,25-/m1/s1. The highest BCUT2D eigenvalue weighted by Crippen LogP contribution is 2.52. The van der Waals surface area contributed by atoms with E-state index in [0.29, 0.717) is 30.3 Å². The van der Waals surface area contributed by atoms with Gasteiger partial charge in [-0.1, -0.05) is 64.4 Å². The molecule has 40 heavy (non-hydrogen) atoms. The van der Waals surface area contributed by atoms with Crippen LogP contribution in [0.3, 0.4) is 0 Å². The van der Waals surface area contributed by atoms with Crippen LogP contribution in [0.4, 0.5) is 5.95 Å². The molecule has 1 aliphatic rings. The Bertz CT molecular complexity index is 1360. The lowest BCUT2D eigenvalue weighted by molar-refractivity contribution is -0.0784. The Labute approximate surface area is 235 Å². The Morgan fingerprint density at radius 1 is 1.23 bits per heavy atom. The second kappa shape index (κ2) is 13.4. The highest BCUT2D eigenvalue weighted by atomic mass is 31.2. The van der Waals surface area contributed by atoms with E-state index in [9.17, 15) is 14.3 Å². The van der Waals surface area contributed by atoms with Crippen molar-refractivity contribution in [2.75, 3.05) is 12.3 Å². The molecule has 0 amide bonds. The molecule has 0 radical (unpaired) electrons. The summed E-state index contributed by atoms with van der Waals surface area (Å²) in [4.78, 5) is 30.8. The minimum atomic E-state index is -3.89. The molecule has 0 aliphatic carbocycles. The average molecular weight is 575 g/mol. The molecule has 1 aliphatic heterocycles. The number of benzene rings is 1. The number of aromatic amines is 1. The van der Waals surface area contributed by atoms with Gasteiger partial charge in [0.25, 0.3) is 5.56 Å². The number of ether oxygens (including phenoxy) is 2. The van der Waals surface area contributed by atoms with Gasteiger partial charge in [-0.2, -0.15) is 4.98 Å². The fourth-order valence-corrected chi connectivity index (χ4v) is 6.48. The molecule has 3 aromatic rings. The van der Waals surface area contributed by atoms with Gasteiger partial charge in [0.1, 0.15) is 12.3 Å². The van der Waals surface area contributed by atoms with Crippen molar-refractivity contribution in [3.63, 3.8) is 0 Å². The summed E-state index contributed by atoms with van der Waals surface area (Å²) >= 11 is 0. The summed E-state index contributed by atoms with van der Waals surface area (Å²) in [7, 11) is -3.89. The van der Waals surface area contributed by atoms with Gasteiger partial charge in [-0.15, -0.1) is 0 Å². The molecule has 0 bridgehead atoms. The van der Waals surface area contributed by atoms with Gasteiger partial charge in [-0.05, 0) is 43.2 Å². The lowest BCUT2D eigenvalue weighted by Gasteiger charge is -2.26. The Hall–Kier alpha value is -2.49. The quantitative estimate of drug-likeness (QED) is 0.219. The highest BCUT2D eigenvalue weighted by Gasteiger charge is 2.43. The van der Waals surface area contributed by atoms with Crippen molar-refractivity contribution >= 4 is 24.6 Å². The van der Waals surface area contributed by atoms with Crippen molar-refractivity contribution in [2.24, 2.45) is 0 Å². The van der Waals surface area contributed by atoms with Gasteiger partial charge in [0.05, 0.1) is 29.9 Å². The number of nitrogens with zero attached hydrogens (tertiary/aromatic N) is 2. The minimum absolute atomic E-state index is 0.0131. The molecule has 220 valence electrons. The number of aryl methyl sites for hydroxylation is 2. The van der Waals surface area contributed by atoms with Crippen LogP contribution in [0.15, 0.2) is 41.3 Å². The summed E-state index contributed by atoms with van der Waals surface area (Å²) in [6.45, 7) is 8.00. The predicted molar refractivity (Wildman–Crippen MR) is 157 cm³/mol. The summed E-state index contributed by atoms with van der Waals surface area (Å²) in [5.41, 5.74) is 7.53. The highest BCUT2D eigenvalue weighted by molar-refractivity contribution is 7.53. The summed E-state index contributed by atoms with van der Waals surface area (Å²) < 4.78 is 33.4. The van der Waals surface area contributed by atoms with E-state index in [1.807, 2.05) is 35.9 Å². The maximum Gasteiger partial charge on any atom is 0.331 e. The van der Waals surface area contributed by atoms with Crippen LogP contribution in [0.25, 0.3) is 11.0 Å². The van der Waals surface area contributed by atoms with Gasteiger partial charge in [0.2, 0.25) is 5.95 Å². The van der Waals surface area contributed by atoms with Crippen LogP contribution >= 0.6 is 7.60 Å². The average Bonchev–Trinajstić information content (AvgIpc) is 3.50. The Balaban J connectivity index is 1.65. The van der Waals surface area contributed by atoms with E-state index in [-0.39, 0.29) is 24.2 Å². The molecule has 4 N–H and O–H groups in total. The van der Waals surface area contributed by atoms with Crippen LogP contribution < -0.4 is 11.3 Å². The van der Waals surface area contributed by atoms with Crippen molar-refractivity contribution in [1.29, 1.82) is 0 Å². The van der Waals surface area contributed by atoms with Gasteiger partial charge in [0, 0.05) is 12.6 Å². The monoisotopic (exact) mass is 574 g/mol. The first-order valence-corrected chi connectivity index (χ1v) is 16.0. The van der Waals surface area contributed by atoms with Crippen LogP contribution in [-0.2, 0) is 31.4 Å². The second-order valence-corrected chi connectivity index (χ2v) is 12.9. The van der Waals surface area contributed by atoms with Crippen molar-refractivity contribution in [2.45, 2.75) is 103 Å². The second-order valence-electron chi connectivity index (χ2n) is 10.7. The number of nitrogens with one attached hydrogen (secondary N) is 1. The zero-order valence-electron chi connectivity index (χ0n) is 23.9. The van der Waals surface area contributed by atoms with E-state index in [2.05, 4.69) is 35.9 Å². The molecular formula is C29H43N4O6P. The SMILES string of the molecule is CCCC(CC)OCC1O[C@@H](n2cc(CCc3ccccc3)c3c(=O)[nH]c(N)nc32)C[C@H]1OP(=O)(O)C(C)CC. The Kier molecular flexibility index (Phi) is 10.2. The first-order chi connectivity index (χ1) is 19.2. The zero-order chi connectivity index (χ0) is 28.9. The smallest absolute Gasteiger partial charge is 0.331 e. The molecule has 0 spiro atoms. The van der Waals surface area contributed by atoms with Crippen LogP contribution in [0.5, 0.6) is 0 Å². The van der Waals surface area contributed by atoms with Crippen LogP contribution in [0.1, 0.15) is 77.2 Å². The van der Waals surface area contributed by atoms with E-state index < -0.39 is 31.7 Å². The lowest BCUT2D eigenvalue weighted by atomic mass is 10.1. The number of H-pyrrole nitrogens is 1. The zero-order valence-corrected chi connectivity index (χ0v) is 24.8. The molecule has 1 saturated heterocycles. The van der Waals surface area contributed by atoms with Crippen LogP contribution in [-0.4, -0.2) is 50.0 Å². The molecule has 6 atom stereocenters. The van der Waals surface area contributed by atoms with E-state index in [1.54, 1.807) is 6.92 Å². The summed E-state index contributed by atoms with van der Waals surface area (Å²) in [6, 6.07) is 10.1. The summed E-state index contributed by atoms with van der Waals surface area (Å²) in [5.74, 6) is 0.0131. The van der Waals surface area contributed by atoms with Gasteiger partial charge < -0.3 is 29.2 Å². The number of anilines is 1. The summed E-state index contributed by atoms with van der Waals surface area (Å²) in [6.07, 6.45) is 5.10. The van der Waals surface area contributed by atoms with Crippen molar-refractivity contribution in [3.05, 3.63) is 58.0 Å². The molecule has 4 rings (SSSR count). The third-order valence-corrected chi connectivity index (χ3v) is 9.84. The van der Waals surface area contributed by atoms with E-state index in [4.69, 9.17) is 19.7 Å². The van der Waals surface area contributed by atoms with E-state index in [0.717, 1.165) is 36.8 Å². The number of hydrogen-bond acceptors (Lipinski definition) is 7. The van der Waals surface area contributed by atoms with Gasteiger partial charge in [0.15, 0.2) is 5.65 Å². The number of hydrogen-bond donors (Lipinski definition) is 3. The van der Waals surface area contributed by atoms with E-state index in [1.165, 1.54) is 0 Å². The molecule has 11 heteroatoms. The Morgan fingerprint density at radius 3 is 2.65 bits per heavy atom. The molecule has 1 fully saturated rings. The minimum Gasteiger partial charge on any atom is -0.375 e. The van der Waals surface area contributed by atoms with Gasteiger partial charge in [-0.25, -0.2) is 0 Å². The van der Waals surface area contributed by atoms with E-state index >= 15 is 0 Å². The maximum absolute atomic E-state index is 13.1. The molecule has 10 nitrogen and oxygen atoms in total. The Morgan fingerprint density at radius 2 is 1.98 bits per heavy atom. The number of nitrogen functional groups attached to an aromatic ring is 1. The maximum atomic E-state index is 13.1. The van der Waals surface area contributed by atoms with Crippen molar-refractivity contribution < 1.29 is 23.5 Å². The van der Waals surface area contributed by atoms with Crippen LogP contribution in [0.2, 0.25) is 0 Å². The van der Waals surface area contributed by atoms with Crippen molar-refractivity contribution in [3.8, 4) is 0 Å². The first kappa shape index (κ1) is 30.5. The number of rotatable bonds is 14. The largest absolute Gasteiger partial charge is 0.375 e. The molecule has 1 aromatic carbocycles. The molecule has 3 heterocycles. The fourth-order valence-electron chi connectivity index (χ4n) is 5.20. The molecular weight excluding hydrogens is 531 g/mol. The topological polar surface area (TPSA) is 142 Å². The first-order valence-electron chi connectivity index (χ1n) is 14.4. The fraction of sp³-hybridized carbons (Fsp3) is 0.586.